The highest BCUT2D eigenvalue weighted by molar-refractivity contribution is 7.89. The highest BCUT2D eigenvalue weighted by Gasteiger charge is 2.32. The van der Waals surface area contributed by atoms with Crippen molar-refractivity contribution >= 4 is 39.5 Å². The minimum atomic E-state index is -3.91. The van der Waals surface area contributed by atoms with Crippen LogP contribution in [0.15, 0.2) is 29.2 Å². The number of alkyl carbamates (subject to hydrolysis) is 1. The van der Waals surface area contributed by atoms with Gasteiger partial charge >= 0.3 is 17.9 Å². The van der Waals surface area contributed by atoms with Crippen LogP contribution in [0.5, 0.6) is 0 Å². The van der Waals surface area contributed by atoms with E-state index in [-0.39, 0.29) is 36.8 Å². The molecule has 1 heterocycles. The molecule has 0 spiro atoms. The molecule has 12 nitrogen and oxygen atoms in total. The van der Waals surface area contributed by atoms with Gasteiger partial charge in [-0.1, -0.05) is 6.07 Å². The Morgan fingerprint density at radius 1 is 1.06 bits per heavy atom. The Morgan fingerprint density at radius 3 is 2.35 bits per heavy atom. The number of carbonyl (C=O) groups excluding carboxylic acids is 4. The van der Waals surface area contributed by atoms with Crippen molar-refractivity contribution < 1.29 is 32.3 Å². The lowest BCUT2D eigenvalue weighted by atomic mass is 10.2. The minimum Gasteiger partial charge on any atom is -0.444 e. The summed E-state index contributed by atoms with van der Waals surface area (Å²) in [5, 5.41) is 4.99. The molecule has 1 aromatic carbocycles. The van der Waals surface area contributed by atoms with Gasteiger partial charge in [-0.25, -0.2) is 17.9 Å². The zero-order valence-corrected chi connectivity index (χ0v) is 20.5. The quantitative estimate of drug-likeness (QED) is 0.323. The van der Waals surface area contributed by atoms with Crippen LogP contribution in [-0.2, 0) is 29.1 Å². The number of hydrogen-bond donors (Lipinski definition) is 3. The molecule has 0 unspecified atom stereocenters. The molecule has 0 atom stereocenters. The first-order valence-corrected chi connectivity index (χ1v) is 12.3. The fourth-order valence-corrected chi connectivity index (χ4v) is 4.11. The molecule has 2 rings (SSSR count). The Bertz CT molecular complexity index is 1040. The first-order valence-electron chi connectivity index (χ1n) is 10.8. The second kappa shape index (κ2) is 11.3. The summed E-state index contributed by atoms with van der Waals surface area (Å²) in [4.78, 5) is 50.6. The molecule has 1 aromatic rings. The Morgan fingerprint density at radius 2 is 1.71 bits per heavy atom. The highest BCUT2D eigenvalue weighted by atomic mass is 32.2. The molecule has 1 saturated heterocycles. The lowest BCUT2D eigenvalue weighted by molar-refractivity contribution is -0.156. The van der Waals surface area contributed by atoms with E-state index in [1.165, 1.54) is 29.2 Å². The lowest BCUT2D eigenvalue weighted by Crippen LogP contribution is -2.55. The molecule has 1 aliphatic heterocycles. The SMILES string of the molecule is CCN1CCN(CC(=O)Nc2cccc(S(=O)(=O)NCCNC(=O)OC(C)(C)C)c2)C(=O)C1=O. The van der Waals surface area contributed by atoms with Crippen LogP contribution < -0.4 is 15.4 Å². The second-order valence-corrected chi connectivity index (χ2v) is 10.3. The smallest absolute Gasteiger partial charge is 0.407 e. The van der Waals surface area contributed by atoms with Gasteiger partial charge in [-0.05, 0) is 45.9 Å². The molecule has 0 aromatic heterocycles. The zero-order valence-electron chi connectivity index (χ0n) is 19.7. The predicted octanol–water partition coefficient (Wildman–Crippen LogP) is 0.119. The van der Waals surface area contributed by atoms with Crippen LogP contribution in [0.4, 0.5) is 10.5 Å². The summed E-state index contributed by atoms with van der Waals surface area (Å²) in [6.07, 6.45) is -0.660. The number of anilines is 1. The normalized spacial score (nSPS) is 14.7. The van der Waals surface area contributed by atoms with Gasteiger partial charge in [0.2, 0.25) is 15.9 Å². The summed E-state index contributed by atoms with van der Waals surface area (Å²) >= 11 is 0. The molecular formula is C21H31N5O7S. The number of carbonyl (C=O) groups is 4. The maximum atomic E-state index is 12.5. The minimum absolute atomic E-state index is 0.0165. The molecule has 1 aliphatic rings. The number of nitrogens with zero attached hydrogens (tertiary/aromatic N) is 2. The number of likely N-dealkylation sites (N-methyl/N-ethyl adjacent to an activating group) is 1. The number of ether oxygens (including phenoxy) is 1. The fourth-order valence-electron chi connectivity index (χ4n) is 3.03. The van der Waals surface area contributed by atoms with Gasteiger partial charge in [0.1, 0.15) is 12.1 Å². The van der Waals surface area contributed by atoms with E-state index in [0.717, 1.165) is 4.90 Å². The highest BCUT2D eigenvalue weighted by Crippen LogP contribution is 2.16. The van der Waals surface area contributed by atoms with Crippen LogP contribution in [-0.4, -0.2) is 86.9 Å². The van der Waals surface area contributed by atoms with E-state index in [2.05, 4.69) is 15.4 Å². The predicted molar refractivity (Wildman–Crippen MR) is 123 cm³/mol. The van der Waals surface area contributed by atoms with Crippen LogP contribution in [0.1, 0.15) is 27.7 Å². The molecule has 13 heteroatoms. The molecule has 1 fully saturated rings. The van der Waals surface area contributed by atoms with E-state index in [1.54, 1.807) is 27.7 Å². The van der Waals surface area contributed by atoms with E-state index in [9.17, 15) is 27.6 Å². The van der Waals surface area contributed by atoms with E-state index >= 15 is 0 Å². The van der Waals surface area contributed by atoms with Gasteiger partial charge in [0, 0.05) is 38.4 Å². The summed E-state index contributed by atoms with van der Waals surface area (Å²) in [6, 6.07) is 5.58. The van der Waals surface area contributed by atoms with E-state index in [1.807, 2.05) is 0 Å². The third-order valence-corrected chi connectivity index (χ3v) is 6.09. The Kier molecular flexibility index (Phi) is 8.99. The molecule has 0 radical (unpaired) electrons. The number of nitrogens with one attached hydrogen (secondary N) is 3. The average Bonchev–Trinajstić information content (AvgIpc) is 2.74. The van der Waals surface area contributed by atoms with E-state index in [0.29, 0.717) is 13.1 Å². The number of hydrogen-bond acceptors (Lipinski definition) is 7. The topological polar surface area (TPSA) is 154 Å². The summed E-state index contributed by atoms with van der Waals surface area (Å²) in [5.41, 5.74) is -0.452. The van der Waals surface area contributed by atoms with Crippen LogP contribution in [0.3, 0.4) is 0 Å². The molecule has 0 bridgehead atoms. The van der Waals surface area contributed by atoms with Crippen molar-refractivity contribution in [1.82, 2.24) is 19.8 Å². The zero-order chi connectivity index (χ0) is 25.5. The van der Waals surface area contributed by atoms with Crippen LogP contribution >= 0.6 is 0 Å². The molecular weight excluding hydrogens is 466 g/mol. The number of amides is 4. The summed E-state index contributed by atoms with van der Waals surface area (Å²) in [6.45, 7) is 7.52. The van der Waals surface area contributed by atoms with Gasteiger partial charge in [0.25, 0.3) is 0 Å². The summed E-state index contributed by atoms with van der Waals surface area (Å²) in [5.74, 6) is -1.96. The fraction of sp³-hybridized carbons (Fsp3) is 0.524. The van der Waals surface area contributed by atoms with Crippen molar-refractivity contribution in [2.45, 2.75) is 38.2 Å². The molecule has 3 N–H and O–H groups in total. The third kappa shape index (κ3) is 7.99. The Balaban J connectivity index is 1.89. The first-order chi connectivity index (χ1) is 15.8. The first kappa shape index (κ1) is 27.1. The van der Waals surface area contributed by atoms with Crippen molar-refractivity contribution in [3.05, 3.63) is 24.3 Å². The van der Waals surface area contributed by atoms with Gasteiger partial charge in [-0.3, -0.25) is 14.4 Å². The summed E-state index contributed by atoms with van der Waals surface area (Å²) in [7, 11) is -3.91. The van der Waals surface area contributed by atoms with Crippen molar-refractivity contribution in [2.24, 2.45) is 0 Å². The largest absolute Gasteiger partial charge is 0.444 e. The lowest BCUT2D eigenvalue weighted by Gasteiger charge is -2.32. The number of sulfonamides is 1. The maximum absolute atomic E-state index is 12.5. The second-order valence-electron chi connectivity index (χ2n) is 8.51. The van der Waals surface area contributed by atoms with Gasteiger partial charge in [0.15, 0.2) is 0 Å². The van der Waals surface area contributed by atoms with Crippen LogP contribution in [0, 0.1) is 0 Å². The summed E-state index contributed by atoms with van der Waals surface area (Å²) < 4.78 is 32.5. The number of benzene rings is 1. The van der Waals surface area contributed by atoms with Gasteiger partial charge < -0.3 is 25.2 Å². The number of piperazine rings is 1. The van der Waals surface area contributed by atoms with Gasteiger partial charge in [-0.2, -0.15) is 0 Å². The van der Waals surface area contributed by atoms with Gasteiger partial charge in [-0.15, -0.1) is 0 Å². The van der Waals surface area contributed by atoms with Crippen molar-refractivity contribution in [2.75, 3.05) is 44.6 Å². The average molecular weight is 498 g/mol. The molecule has 0 aliphatic carbocycles. The molecule has 4 amide bonds. The number of rotatable bonds is 9. The standard InChI is InChI=1S/C21H31N5O7S/c1-5-25-11-12-26(19(29)18(25)28)14-17(27)24-15-7-6-8-16(13-15)34(31,32)23-10-9-22-20(30)33-21(2,3)4/h6-8,13,23H,5,9-12,14H2,1-4H3,(H,22,30)(H,24,27). The van der Waals surface area contributed by atoms with E-state index < -0.39 is 39.4 Å². The maximum Gasteiger partial charge on any atom is 0.407 e. The van der Waals surface area contributed by atoms with Crippen molar-refractivity contribution in [3.63, 3.8) is 0 Å². The third-order valence-electron chi connectivity index (χ3n) is 4.63. The molecule has 188 valence electrons. The van der Waals surface area contributed by atoms with Crippen molar-refractivity contribution in [3.8, 4) is 0 Å². The molecule has 34 heavy (non-hydrogen) atoms. The van der Waals surface area contributed by atoms with Crippen LogP contribution in [0.25, 0.3) is 0 Å². The van der Waals surface area contributed by atoms with Crippen LogP contribution in [0.2, 0.25) is 0 Å². The van der Waals surface area contributed by atoms with Crippen molar-refractivity contribution in [1.29, 1.82) is 0 Å². The Hall–Kier alpha value is -3.19. The molecule has 0 saturated carbocycles. The Labute approximate surface area is 199 Å². The van der Waals surface area contributed by atoms with Gasteiger partial charge in [0.05, 0.1) is 4.90 Å². The monoisotopic (exact) mass is 497 g/mol. The van der Waals surface area contributed by atoms with E-state index in [4.69, 9.17) is 4.74 Å².